The zero-order valence-electron chi connectivity index (χ0n) is 12.3. The summed E-state index contributed by atoms with van der Waals surface area (Å²) in [4.78, 5) is 6.57. The van der Waals surface area contributed by atoms with Crippen molar-refractivity contribution in [3.63, 3.8) is 0 Å². The van der Waals surface area contributed by atoms with Crippen LogP contribution in [0.5, 0.6) is 5.75 Å². The van der Waals surface area contributed by atoms with Crippen molar-refractivity contribution in [2.45, 2.75) is 32.3 Å². The molecule has 2 rings (SSSR count). The summed E-state index contributed by atoms with van der Waals surface area (Å²) in [6, 6.07) is 7.46. The average Bonchev–Trinajstić information content (AvgIpc) is 2.48. The third kappa shape index (κ3) is 5.90. The van der Waals surface area contributed by atoms with Gasteiger partial charge in [0.05, 0.1) is 11.6 Å². The van der Waals surface area contributed by atoms with Crippen molar-refractivity contribution < 1.29 is 4.74 Å². The first-order valence-corrected chi connectivity index (χ1v) is 7.50. The first-order chi connectivity index (χ1) is 9.66. The minimum atomic E-state index is -0.0572. The van der Waals surface area contributed by atoms with Gasteiger partial charge in [0.15, 0.2) is 5.96 Å². The normalized spacial score (nSPS) is 17.0. The number of nitrogens with two attached hydrogens (primary N) is 1. The van der Waals surface area contributed by atoms with Crippen LogP contribution in [0.3, 0.4) is 0 Å². The minimum Gasteiger partial charge on any atom is -0.487 e. The smallest absolute Gasteiger partial charge is 0.191 e. The Hall–Kier alpha value is -0.690. The number of benzene rings is 1. The number of aliphatic imine (C=N–C) groups is 1. The van der Waals surface area contributed by atoms with Gasteiger partial charge in [-0.1, -0.05) is 23.7 Å². The Kier molecular flexibility index (Phi) is 8.18. The number of ether oxygens (including phenoxy) is 1. The Morgan fingerprint density at radius 3 is 2.67 bits per heavy atom. The Labute approximate surface area is 148 Å². The van der Waals surface area contributed by atoms with Crippen LogP contribution >= 0.6 is 35.6 Å². The predicted octanol–water partition coefficient (Wildman–Crippen LogP) is 3.53. The van der Waals surface area contributed by atoms with E-state index >= 15 is 0 Å². The summed E-state index contributed by atoms with van der Waals surface area (Å²) in [7, 11) is 0. The maximum atomic E-state index is 6.06. The van der Waals surface area contributed by atoms with Crippen molar-refractivity contribution in [1.82, 2.24) is 4.90 Å². The van der Waals surface area contributed by atoms with Gasteiger partial charge in [-0.15, -0.1) is 24.0 Å². The Morgan fingerprint density at radius 1 is 1.33 bits per heavy atom. The summed E-state index contributed by atoms with van der Waals surface area (Å²) in [5.74, 6) is 1.31. The number of nitrogens with zero attached hydrogens (tertiary/aromatic N) is 2. The van der Waals surface area contributed by atoms with E-state index in [4.69, 9.17) is 22.1 Å². The fourth-order valence-electron chi connectivity index (χ4n) is 2.24. The van der Waals surface area contributed by atoms with Crippen molar-refractivity contribution in [2.24, 2.45) is 10.7 Å². The number of rotatable bonds is 4. The Morgan fingerprint density at radius 2 is 2.00 bits per heavy atom. The molecule has 1 fully saturated rings. The van der Waals surface area contributed by atoms with Crippen molar-refractivity contribution in [3.05, 3.63) is 29.3 Å². The molecule has 6 heteroatoms. The molecule has 0 bridgehead atoms. The largest absolute Gasteiger partial charge is 0.487 e. The molecule has 1 heterocycles. The number of hydrogen-bond acceptors (Lipinski definition) is 2. The maximum absolute atomic E-state index is 6.06. The highest BCUT2D eigenvalue weighted by Gasteiger charge is 2.12. The molecule has 2 N–H and O–H groups in total. The van der Waals surface area contributed by atoms with Gasteiger partial charge in [-0.05, 0) is 38.3 Å². The molecule has 118 valence electrons. The molecule has 0 aromatic heterocycles. The SMILES string of the molecule is CC(CN=C(N)N1CCCCC1)Oc1ccccc1Cl.I. The lowest BCUT2D eigenvalue weighted by molar-refractivity contribution is 0.229. The van der Waals surface area contributed by atoms with Gasteiger partial charge >= 0.3 is 0 Å². The lowest BCUT2D eigenvalue weighted by Gasteiger charge is -2.27. The number of likely N-dealkylation sites (tertiary alicyclic amines) is 1. The molecule has 1 aliphatic rings. The Balaban J connectivity index is 0.00000220. The van der Waals surface area contributed by atoms with Gasteiger partial charge in [-0.25, -0.2) is 4.99 Å². The van der Waals surface area contributed by atoms with E-state index in [0.717, 1.165) is 13.1 Å². The van der Waals surface area contributed by atoms with Crippen molar-refractivity contribution in [3.8, 4) is 5.75 Å². The van der Waals surface area contributed by atoms with E-state index in [1.54, 1.807) is 0 Å². The van der Waals surface area contributed by atoms with E-state index in [9.17, 15) is 0 Å². The van der Waals surface area contributed by atoms with Gasteiger partial charge < -0.3 is 15.4 Å². The van der Waals surface area contributed by atoms with Crippen LogP contribution in [0, 0.1) is 0 Å². The molecule has 21 heavy (non-hydrogen) atoms. The highest BCUT2D eigenvalue weighted by Crippen LogP contribution is 2.24. The summed E-state index contributed by atoms with van der Waals surface area (Å²) in [6.45, 7) is 4.52. The van der Waals surface area contributed by atoms with E-state index in [0.29, 0.717) is 23.3 Å². The molecule has 1 unspecified atom stereocenters. The first-order valence-electron chi connectivity index (χ1n) is 7.13. The predicted molar refractivity (Wildman–Crippen MR) is 98.9 cm³/mol. The summed E-state index contributed by atoms with van der Waals surface area (Å²) in [5.41, 5.74) is 6.01. The number of guanidine groups is 1. The molecule has 1 saturated heterocycles. The van der Waals surface area contributed by atoms with Crippen molar-refractivity contribution in [1.29, 1.82) is 0 Å². The molecular weight excluding hydrogens is 401 g/mol. The highest BCUT2D eigenvalue weighted by molar-refractivity contribution is 14.0. The summed E-state index contributed by atoms with van der Waals surface area (Å²) in [6.07, 6.45) is 3.62. The second-order valence-electron chi connectivity index (χ2n) is 5.11. The zero-order chi connectivity index (χ0) is 14.4. The van der Waals surface area contributed by atoms with Crippen LogP contribution in [0.4, 0.5) is 0 Å². The second kappa shape index (κ2) is 9.35. The lowest BCUT2D eigenvalue weighted by atomic mass is 10.1. The quantitative estimate of drug-likeness (QED) is 0.458. The monoisotopic (exact) mass is 423 g/mol. The average molecular weight is 424 g/mol. The van der Waals surface area contributed by atoms with Crippen LogP contribution in [0.15, 0.2) is 29.3 Å². The zero-order valence-corrected chi connectivity index (χ0v) is 15.4. The molecule has 0 aliphatic carbocycles. The molecule has 1 aromatic rings. The van der Waals surface area contributed by atoms with Gasteiger partial charge in [0.1, 0.15) is 11.9 Å². The van der Waals surface area contributed by atoms with Gasteiger partial charge in [-0.2, -0.15) is 0 Å². The number of piperidine rings is 1. The molecule has 1 aromatic carbocycles. The summed E-state index contributed by atoms with van der Waals surface area (Å²) < 4.78 is 5.77. The van der Waals surface area contributed by atoms with Crippen LogP contribution in [0.2, 0.25) is 5.02 Å². The molecule has 0 spiro atoms. The fourth-order valence-corrected chi connectivity index (χ4v) is 2.42. The van der Waals surface area contributed by atoms with E-state index in [1.165, 1.54) is 19.3 Å². The minimum absolute atomic E-state index is 0. The lowest BCUT2D eigenvalue weighted by Crippen LogP contribution is -2.41. The molecule has 1 aliphatic heterocycles. The summed E-state index contributed by atoms with van der Waals surface area (Å²) >= 11 is 6.06. The molecule has 4 nitrogen and oxygen atoms in total. The second-order valence-corrected chi connectivity index (χ2v) is 5.51. The summed E-state index contributed by atoms with van der Waals surface area (Å²) in [5, 5.41) is 0.618. The molecule has 0 radical (unpaired) electrons. The van der Waals surface area contributed by atoms with E-state index in [2.05, 4.69) is 9.89 Å². The number of hydrogen-bond donors (Lipinski definition) is 1. The van der Waals surface area contributed by atoms with Crippen LogP contribution < -0.4 is 10.5 Å². The van der Waals surface area contributed by atoms with Gasteiger partial charge in [0.25, 0.3) is 0 Å². The van der Waals surface area contributed by atoms with Crippen LogP contribution in [0.25, 0.3) is 0 Å². The maximum Gasteiger partial charge on any atom is 0.191 e. The molecular formula is C15H23ClIN3O. The molecule has 1 atom stereocenters. The van der Waals surface area contributed by atoms with Crippen molar-refractivity contribution >= 4 is 41.5 Å². The first kappa shape index (κ1) is 18.4. The fraction of sp³-hybridized carbons (Fsp3) is 0.533. The topological polar surface area (TPSA) is 50.8 Å². The van der Waals surface area contributed by atoms with Gasteiger partial charge in [-0.3, -0.25) is 0 Å². The molecule has 0 amide bonds. The van der Waals surface area contributed by atoms with Crippen LogP contribution in [-0.2, 0) is 0 Å². The third-order valence-electron chi connectivity index (χ3n) is 3.36. The number of halogens is 2. The third-order valence-corrected chi connectivity index (χ3v) is 3.67. The van der Waals surface area contributed by atoms with E-state index < -0.39 is 0 Å². The van der Waals surface area contributed by atoms with Gasteiger partial charge in [0.2, 0.25) is 0 Å². The van der Waals surface area contributed by atoms with Crippen molar-refractivity contribution in [2.75, 3.05) is 19.6 Å². The molecule has 0 saturated carbocycles. The highest BCUT2D eigenvalue weighted by atomic mass is 127. The number of para-hydroxylation sites is 1. The van der Waals surface area contributed by atoms with Crippen LogP contribution in [-0.4, -0.2) is 36.6 Å². The van der Waals surface area contributed by atoms with E-state index in [1.807, 2.05) is 31.2 Å². The van der Waals surface area contributed by atoms with Gasteiger partial charge in [0, 0.05) is 13.1 Å². The standard InChI is InChI=1S/C15H22ClN3O.HI/c1-12(20-14-8-4-3-7-13(14)16)11-18-15(17)19-9-5-2-6-10-19;/h3-4,7-8,12H,2,5-6,9-11H2,1H3,(H2,17,18);1H. The van der Waals surface area contributed by atoms with E-state index in [-0.39, 0.29) is 30.1 Å². The Bertz CT molecular complexity index is 464. The van der Waals surface area contributed by atoms with Crippen LogP contribution in [0.1, 0.15) is 26.2 Å².